The number of nitriles is 1. The Morgan fingerprint density at radius 2 is 2.03 bits per heavy atom. The molecule has 1 aliphatic rings. The molecule has 0 aliphatic carbocycles. The maximum atomic E-state index is 12.5. The van der Waals surface area contributed by atoms with Gasteiger partial charge in [0.05, 0.1) is 17.0 Å². The summed E-state index contributed by atoms with van der Waals surface area (Å²) in [6, 6.07) is 18.9. The molecule has 152 valence electrons. The van der Waals surface area contributed by atoms with Gasteiger partial charge in [0.15, 0.2) is 11.5 Å². The number of aromatic nitrogens is 2. The van der Waals surface area contributed by atoms with Crippen LogP contribution in [0.5, 0.6) is 11.5 Å². The van der Waals surface area contributed by atoms with Crippen LogP contribution in [0.2, 0.25) is 0 Å². The number of thioether (sulfide) groups is 1. The van der Waals surface area contributed by atoms with E-state index in [1.807, 2.05) is 48.7 Å². The molecule has 0 saturated heterocycles. The molecule has 8 heteroatoms. The van der Waals surface area contributed by atoms with Crippen LogP contribution in [0.15, 0.2) is 65.8 Å². The molecule has 1 aliphatic heterocycles. The van der Waals surface area contributed by atoms with Crippen LogP contribution in [0, 0.1) is 11.3 Å². The summed E-state index contributed by atoms with van der Waals surface area (Å²) < 4.78 is 10.8. The maximum absolute atomic E-state index is 12.5. The molecule has 2 aromatic heterocycles. The van der Waals surface area contributed by atoms with Crippen molar-refractivity contribution < 1.29 is 14.3 Å². The molecule has 0 spiro atoms. The number of hydrogen-bond donors (Lipinski definition) is 2. The minimum Gasteiger partial charge on any atom is -0.454 e. The van der Waals surface area contributed by atoms with Crippen molar-refractivity contribution in [2.75, 3.05) is 17.9 Å². The van der Waals surface area contributed by atoms with Crippen molar-refractivity contribution in [1.82, 2.24) is 9.97 Å². The number of ether oxygens (including phenoxy) is 2. The lowest BCUT2D eigenvalue weighted by Crippen LogP contribution is -2.14. The standard InChI is InChI=1S/C23H16N4O3S/c24-11-16-2-5-18(15-3-6-20-21(9-15)30-13-29-20)27-23(16)31-12-22(28)26-17-4-1-14-7-8-25-19(14)10-17/h1-10,25H,12-13H2,(H,26,28). The fraction of sp³-hybridized carbons (Fsp3) is 0.0870. The van der Waals surface area contributed by atoms with E-state index >= 15 is 0 Å². The number of rotatable bonds is 5. The highest BCUT2D eigenvalue weighted by Crippen LogP contribution is 2.36. The van der Waals surface area contributed by atoms with Gasteiger partial charge in [0.25, 0.3) is 0 Å². The molecule has 0 bridgehead atoms. The summed E-state index contributed by atoms with van der Waals surface area (Å²) in [5.41, 5.74) is 3.63. The van der Waals surface area contributed by atoms with Gasteiger partial charge in [0, 0.05) is 23.0 Å². The Morgan fingerprint density at radius 1 is 1.13 bits per heavy atom. The highest BCUT2D eigenvalue weighted by molar-refractivity contribution is 8.00. The minimum absolute atomic E-state index is 0.134. The zero-order valence-corrected chi connectivity index (χ0v) is 17.0. The molecular formula is C23H16N4O3S. The monoisotopic (exact) mass is 428 g/mol. The molecule has 2 N–H and O–H groups in total. The van der Waals surface area contributed by atoms with Gasteiger partial charge in [-0.3, -0.25) is 4.79 Å². The lowest BCUT2D eigenvalue weighted by molar-refractivity contribution is -0.113. The predicted molar refractivity (Wildman–Crippen MR) is 118 cm³/mol. The first-order chi connectivity index (χ1) is 15.2. The zero-order chi connectivity index (χ0) is 21.2. The van der Waals surface area contributed by atoms with Crippen LogP contribution in [0.3, 0.4) is 0 Å². The summed E-state index contributed by atoms with van der Waals surface area (Å²) in [6.07, 6.45) is 1.86. The molecule has 31 heavy (non-hydrogen) atoms. The molecule has 4 aromatic rings. The van der Waals surface area contributed by atoms with Gasteiger partial charge in [-0.05, 0) is 53.9 Å². The Hall–Kier alpha value is -3.96. The second-order valence-corrected chi connectivity index (χ2v) is 7.81. The van der Waals surface area contributed by atoms with Crippen molar-refractivity contribution in [1.29, 1.82) is 5.26 Å². The summed E-state index contributed by atoms with van der Waals surface area (Å²) in [6.45, 7) is 0.201. The number of hydrogen-bond acceptors (Lipinski definition) is 6. The van der Waals surface area contributed by atoms with Crippen molar-refractivity contribution in [2.24, 2.45) is 0 Å². The van der Waals surface area contributed by atoms with Crippen LogP contribution in [0.25, 0.3) is 22.2 Å². The van der Waals surface area contributed by atoms with Gasteiger partial charge in [-0.2, -0.15) is 5.26 Å². The van der Waals surface area contributed by atoms with Crippen molar-refractivity contribution in [2.45, 2.75) is 5.03 Å². The normalized spacial score (nSPS) is 12.0. The average molecular weight is 428 g/mol. The fourth-order valence-electron chi connectivity index (χ4n) is 3.31. The first-order valence-corrected chi connectivity index (χ1v) is 10.5. The average Bonchev–Trinajstić information content (AvgIpc) is 3.45. The molecule has 5 rings (SSSR count). The van der Waals surface area contributed by atoms with Gasteiger partial charge in [-0.1, -0.05) is 17.8 Å². The van der Waals surface area contributed by atoms with E-state index in [4.69, 9.17) is 9.47 Å². The Kier molecular flexibility index (Phi) is 4.94. The molecule has 0 radical (unpaired) electrons. The number of anilines is 1. The molecule has 0 unspecified atom stereocenters. The SMILES string of the molecule is N#Cc1ccc(-c2ccc3c(c2)OCO3)nc1SCC(=O)Nc1ccc2cc[nH]c2c1. The van der Waals surface area contributed by atoms with Crippen molar-refractivity contribution >= 4 is 34.3 Å². The highest BCUT2D eigenvalue weighted by Gasteiger charge is 2.16. The van der Waals surface area contributed by atoms with Gasteiger partial charge in [0.2, 0.25) is 12.7 Å². The predicted octanol–water partition coefficient (Wildman–Crippen LogP) is 4.56. The number of nitrogens with one attached hydrogen (secondary N) is 2. The minimum atomic E-state index is -0.171. The molecule has 0 saturated carbocycles. The molecule has 1 amide bonds. The first-order valence-electron chi connectivity index (χ1n) is 9.50. The van der Waals surface area contributed by atoms with Crippen LogP contribution in [-0.2, 0) is 4.79 Å². The first kappa shape index (κ1) is 19.0. The number of fused-ring (bicyclic) bond motifs is 2. The Balaban J connectivity index is 1.31. The van der Waals surface area contributed by atoms with Crippen LogP contribution in [0.1, 0.15) is 5.56 Å². The van der Waals surface area contributed by atoms with Crippen LogP contribution in [0.4, 0.5) is 5.69 Å². The second kappa shape index (κ2) is 8.05. The van der Waals surface area contributed by atoms with Gasteiger partial charge < -0.3 is 19.8 Å². The summed E-state index contributed by atoms with van der Waals surface area (Å²) in [5, 5.41) is 13.9. The van der Waals surface area contributed by atoms with E-state index in [0.717, 1.165) is 16.5 Å². The third-order valence-electron chi connectivity index (χ3n) is 4.83. The molecule has 3 heterocycles. The number of aromatic amines is 1. The number of H-pyrrole nitrogens is 1. The maximum Gasteiger partial charge on any atom is 0.234 e. The van der Waals surface area contributed by atoms with Crippen molar-refractivity contribution in [3.63, 3.8) is 0 Å². The third-order valence-corrected chi connectivity index (χ3v) is 5.82. The van der Waals surface area contributed by atoms with Crippen molar-refractivity contribution in [3.05, 3.63) is 66.4 Å². The lowest BCUT2D eigenvalue weighted by atomic mass is 10.1. The Labute approximate surface area is 182 Å². The van der Waals surface area contributed by atoms with Gasteiger partial charge >= 0.3 is 0 Å². The Bertz CT molecular complexity index is 1340. The Morgan fingerprint density at radius 3 is 2.94 bits per heavy atom. The topological polar surface area (TPSA) is 100 Å². The number of pyridine rings is 1. The van der Waals surface area contributed by atoms with E-state index < -0.39 is 0 Å². The van der Waals surface area contributed by atoms with Crippen LogP contribution in [-0.4, -0.2) is 28.4 Å². The second-order valence-electron chi connectivity index (χ2n) is 6.85. The summed E-state index contributed by atoms with van der Waals surface area (Å²) in [5.74, 6) is 1.32. The van der Waals surface area contributed by atoms with Gasteiger partial charge in [-0.15, -0.1) is 0 Å². The van der Waals surface area contributed by atoms with Gasteiger partial charge in [0.1, 0.15) is 11.1 Å². The smallest absolute Gasteiger partial charge is 0.234 e. The molecular weight excluding hydrogens is 412 g/mol. The zero-order valence-electron chi connectivity index (χ0n) is 16.2. The fourth-order valence-corrected chi connectivity index (χ4v) is 4.08. The number of benzene rings is 2. The largest absolute Gasteiger partial charge is 0.454 e. The molecule has 7 nitrogen and oxygen atoms in total. The van der Waals surface area contributed by atoms with E-state index in [0.29, 0.717) is 33.5 Å². The number of nitrogens with zero attached hydrogens (tertiary/aromatic N) is 2. The van der Waals surface area contributed by atoms with E-state index in [1.54, 1.807) is 12.1 Å². The van der Waals surface area contributed by atoms with E-state index in [9.17, 15) is 10.1 Å². The number of amides is 1. The number of carbonyl (C=O) groups excluding carboxylic acids is 1. The van der Waals surface area contributed by atoms with Gasteiger partial charge in [-0.25, -0.2) is 4.98 Å². The molecule has 0 atom stereocenters. The summed E-state index contributed by atoms with van der Waals surface area (Å²) in [7, 11) is 0. The van der Waals surface area contributed by atoms with Crippen LogP contribution >= 0.6 is 11.8 Å². The lowest BCUT2D eigenvalue weighted by Gasteiger charge is -2.08. The third kappa shape index (κ3) is 3.91. The molecule has 0 fully saturated rings. The van der Waals surface area contributed by atoms with Crippen LogP contribution < -0.4 is 14.8 Å². The van der Waals surface area contributed by atoms with E-state index in [-0.39, 0.29) is 18.5 Å². The van der Waals surface area contributed by atoms with E-state index in [2.05, 4.69) is 21.4 Å². The highest BCUT2D eigenvalue weighted by atomic mass is 32.2. The quantitative estimate of drug-likeness (QED) is 0.452. The summed E-state index contributed by atoms with van der Waals surface area (Å²) >= 11 is 1.23. The molecule has 2 aromatic carbocycles. The number of carbonyl (C=O) groups is 1. The van der Waals surface area contributed by atoms with E-state index in [1.165, 1.54) is 11.8 Å². The van der Waals surface area contributed by atoms with Crippen molar-refractivity contribution in [3.8, 4) is 28.8 Å². The summed E-state index contributed by atoms with van der Waals surface area (Å²) in [4.78, 5) is 20.2.